The molecule has 0 saturated heterocycles. The maximum absolute atomic E-state index is 5.44. The van der Waals surface area contributed by atoms with E-state index in [4.69, 9.17) is 5.73 Å². The lowest BCUT2D eigenvalue weighted by atomic mass is 10.2. The molecule has 0 atom stereocenters. The van der Waals surface area contributed by atoms with Crippen molar-refractivity contribution in [1.82, 2.24) is 9.97 Å². The van der Waals surface area contributed by atoms with Gasteiger partial charge in [0.05, 0.1) is 18.1 Å². The summed E-state index contributed by atoms with van der Waals surface area (Å²) in [5.74, 6) is 0.607. The van der Waals surface area contributed by atoms with Gasteiger partial charge in [-0.25, -0.2) is 9.97 Å². The maximum atomic E-state index is 5.44. The van der Waals surface area contributed by atoms with E-state index in [1.807, 2.05) is 6.92 Å². The van der Waals surface area contributed by atoms with E-state index in [9.17, 15) is 0 Å². The molecule has 0 aromatic carbocycles. The Balaban J connectivity index is 2.37. The van der Waals surface area contributed by atoms with Crippen LogP contribution >= 0.6 is 0 Å². The minimum Gasteiger partial charge on any atom is -0.396 e. The zero-order valence-electron chi connectivity index (χ0n) is 7.75. The maximum Gasteiger partial charge on any atom is 0.222 e. The predicted molar refractivity (Wildman–Crippen MR) is 54.4 cm³/mol. The molecule has 0 aliphatic carbocycles. The smallest absolute Gasteiger partial charge is 0.222 e. The minimum atomic E-state index is 0.574. The van der Waals surface area contributed by atoms with Crippen LogP contribution in [-0.2, 0) is 0 Å². The summed E-state index contributed by atoms with van der Waals surface area (Å²) in [5, 5.41) is 3.06. The quantitative estimate of drug-likeness (QED) is 0.685. The number of anilines is 2. The highest BCUT2D eigenvalue weighted by Gasteiger charge is 1.93. The third kappa shape index (κ3) is 3.55. The lowest BCUT2D eigenvalue weighted by molar-refractivity contribution is 0.972. The number of rotatable bonds is 4. The molecule has 0 aliphatic heterocycles. The molecule has 0 bridgehead atoms. The summed E-state index contributed by atoms with van der Waals surface area (Å²) in [5.41, 5.74) is 7.15. The normalized spacial score (nSPS) is 9.62. The van der Waals surface area contributed by atoms with Gasteiger partial charge in [0.1, 0.15) is 0 Å². The molecule has 1 rings (SSSR count). The fourth-order valence-electron chi connectivity index (χ4n) is 0.817. The summed E-state index contributed by atoms with van der Waals surface area (Å²) >= 11 is 0. The van der Waals surface area contributed by atoms with Crippen LogP contribution in [0.1, 0.15) is 13.3 Å². The van der Waals surface area contributed by atoms with Gasteiger partial charge >= 0.3 is 0 Å². The Morgan fingerprint density at radius 3 is 2.69 bits per heavy atom. The molecule has 0 amide bonds. The van der Waals surface area contributed by atoms with Crippen molar-refractivity contribution in [2.75, 3.05) is 17.6 Å². The molecule has 0 spiro atoms. The van der Waals surface area contributed by atoms with Gasteiger partial charge in [0.15, 0.2) is 0 Å². The van der Waals surface area contributed by atoms with E-state index in [-0.39, 0.29) is 0 Å². The number of nitrogen functional groups attached to an aromatic ring is 1. The van der Waals surface area contributed by atoms with Crippen molar-refractivity contribution in [3.8, 4) is 0 Å². The van der Waals surface area contributed by atoms with Gasteiger partial charge in [-0.15, -0.1) is 6.58 Å². The third-order valence-corrected chi connectivity index (χ3v) is 1.51. The number of nitrogens with two attached hydrogens (primary N) is 1. The molecule has 4 heteroatoms. The van der Waals surface area contributed by atoms with Gasteiger partial charge in [0, 0.05) is 6.54 Å². The van der Waals surface area contributed by atoms with Crippen molar-refractivity contribution in [3.63, 3.8) is 0 Å². The Hall–Kier alpha value is -1.58. The molecule has 70 valence electrons. The Kier molecular flexibility index (Phi) is 3.25. The second-order valence-electron chi connectivity index (χ2n) is 2.97. The summed E-state index contributed by atoms with van der Waals surface area (Å²) in [6.45, 7) is 6.60. The van der Waals surface area contributed by atoms with Gasteiger partial charge in [-0.1, -0.05) is 5.57 Å². The molecule has 13 heavy (non-hydrogen) atoms. The van der Waals surface area contributed by atoms with E-state index in [2.05, 4.69) is 21.9 Å². The Labute approximate surface area is 77.9 Å². The molecule has 3 N–H and O–H groups in total. The topological polar surface area (TPSA) is 63.8 Å². The van der Waals surface area contributed by atoms with Crippen molar-refractivity contribution < 1.29 is 0 Å². The first kappa shape index (κ1) is 9.51. The van der Waals surface area contributed by atoms with Crippen LogP contribution in [0.2, 0.25) is 0 Å². The predicted octanol–water partition coefficient (Wildman–Crippen LogP) is 1.44. The van der Waals surface area contributed by atoms with Gasteiger partial charge in [-0.3, -0.25) is 0 Å². The van der Waals surface area contributed by atoms with Crippen LogP contribution in [0, 0.1) is 0 Å². The van der Waals surface area contributed by atoms with E-state index in [0.29, 0.717) is 11.6 Å². The fourth-order valence-corrected chi connectivity index (χ4v) is 0.817. The Morgan fingerprint density at radius 1 is 1.54 bits per heavy atom. The lowest BCUT2D eigenvalue weighted by Crippen LogP contribution is -2.05. The van der Waals surface area contributed by atoms with Crippen molar-refractivity contribution >= 4 is 11.6 Å². The van der Waals surface area contributed by atoms with E-state index < -0.39 is 0 Å². The number of hydrogen-bond acceptors (Lipinski definition) is 4. The van der Waals surface area contributed by atoms with Gasteiger partial charge in [-0.2, -0.15) is 0 Å². The van der Waals surface area contributed by atoms with Crippen LogP contribution in [0.4, 0.5) is 11.6 Å². The van der Waals surface area contributed by atoms with Gasteiger partial charge in [0.25, 0.3) is 0 Å². The standard InChI is InChI=1S/C9H14N4/c1-7(2)3-4-11-9-12-5-8(10)6-13-9/h5-6H,1,3-4,10H2,2H3,(H,11,12,13). The number of aromatic nitrogens is 2. The zero-order chi connectivity index (χ0) is 9.68. The Morgan fingerprint density at radius 2 is 2.15 bits per heavy atom. The minimum absolute atomic E-state index is 0.574. The summed E-state index contributed by atoms with van der Waals surface area (Å²) < 4.78 is 0. The van der Waals surface area contributed by atoms with Crippen molar-refractivity contribution in [1.29, 1.82) is 0 Å². The monoisotopic (exact) mass is 178 g/mol. The largest absolute Gasteiger partial charge is 0.396 e. The molecule has 0 aliphatic rings. The average molecular weight is 178 g/mol. The first-order valence-corrected chi connectivity index (χ1v) is 4.14. The molecule has 4 nitrogen and oxygen atoms in total. The highest BCUT2D eigenvalue weighted by atomic mass is 15.1. The molecule has 0 unspecified atom stereocenters. The third-order valence-electron chi connectivity index (χ3n) is 1.51. The van der Waals surface area contributed by atoms with Crippen molar-refractivity contribution in [3.05, 3.63) is 24.5 Å². The average Bonchev–Trinajstić information content (AvgIpc) is 2.08. The second-order valence-corrected chi connectivity index (χ2v) is 2.97. The van der Waals surface area contributed by atoms with Crippen LogP contribution in [0.3, 0.4) is 0 Å². The molecule has 0 radical (unpaired) electrons. The summed E-state index contributed by atoms with van der Waals surface area (Å²) in [6.07, 6.45) is 4.08. The fraction of sp³-hybridized carbons (Fsp3) is 0.333. The van der Waals surface area contributed by atoms with Crippen LogP contribution in [-0.4, -0.2) is 16.5 Å². The molecule has 0 saturated carbocycles. The van der Waals surface area contributed by atoms with Crippen LogP contribution in [0.15, 0.2) is 24.5 Å². The van der Waals surface area contributed by atoms with E-state index >= 15 is 0 Å². The zero-order valence-corrected chi connectivity index (χ0v) is 7.75. The lowest BCUT2D eigenvalue weighted by Gasteiger charge is -2.03. The highest BCUT2D eigenvalue weighted by molar-refractivity contribution is 5.35. The summed E-state index contributed by atoms with van der Waals surface area (Å²) in [4.78, 5) is 8.00. The summed E-state index contributed by atoms with van der Waals surface area (Å²) in [6, 6.07) is 0. The van der Waals surface area contributed by atoms with Crippen LogP contribution < -0.4 is 11.1 Å². The van der Waals surface area contributed by atoms with E-state index in [1.54, 1.807) is 12.4 Å². The highest BCUT2D eigenvalue weighted by Crippen LogP contribution is 2.01. The van der Waals surface area contributed by atoms with Crippen LogP contribution in [0.5, 0.6) is 0 Å². The molecule has 1 aromatic heterocycles. The molecular weight excluding hydrogens is 164 g/mol. The van der Waals surface area contributed by atoms with Gasteiger partial charge < -0.3 is 11.1 Å². The molecule has 1 heterocycles. The van der Waals surface area contributed by atoms with Crippen molar-refractivity contribution in [2.24, 2.45) is 0 Å². The first-order valence-electron chi connectivity index (χ1n) is 4.14. The first-order chi connectivity index (χ1) is 6.18. The van der Waals surface area contributed by atoms with Crippen LogP contribution in [0.25, 0.3) is 0 Å². The van der Waals surface area contributed by atoms with Gasteiger partial charge in [-0.05, 0) is 13.3 Å². The SMILES string of the molecule is C=C(C)CCNc1ncc(N)cn1. The summed E-state index contributed by atoms with van der Waals surface area (Å²) in [7, 11) is 0. The number of nitrogens with one attached hydrogen (secondary N) is 1. The molecular formula is C9H14N4. The number of nitrogens with zero attached hydrogens (tertiary/aromatic N) is 2. The molecule has 1 aromatic rings. The second kappa shape index (κ2) is 4.45. The molecule has 0 fully saturated rings. The van der Waals surface area contributed by atoms with Gasteiger partial charge in [0.2, 0.25) is 5.95 Å². The van der Waals surface area contributed by atoms with E-state index in [0.717, 1.165) is 18.5 Å². The van der Waals surface area contributed by atoms with Crippen molar-refractivity contribution in [2.45, 2.75) is 13.3 Å². The van der Waals surface area contributed by atoms with E-state index in [1.165, 1.54) is 0 Å². The number of hydrogen-bond donors (Lipinski definition) is 2. The Bertz CT molecular complexity index is 278.